The van der Waals surface area contributed by atoms with E-state index in [-0.39, 0.29) is 25.7 Å². The van der Waals surface area contributed by atoms with Crippen LogP contribution in [0, 0.1) is 0 Å². The highest BCUT2D eigenvalue weighted by Gasteiger charge is 2.13. The van der Waals surface area contributed by atoms with Crippen LogP contribution in [0.2, 0.25) is 5.02 Å². The molecule has 0 radical (unpaired) electrons. The normalized spacial score (nSPS) is 12.6. The zero-order valence-corrected chi connectivity index (χ0v) is 21.9. The van der Waals surface area contributed by atoms with Crippen LogP contribution in [0.4, 0.5) is 0 Å². The fourth-order valence-corrected chi connectivity index (χ4v) is 3.22. The summed E-state index contributed by atoms with van der Waals surface area (Å²) in [4.78, 5) is 17.3. The van der Waals surface area contributed by atoms with Gasteiger partial charge < -0.3 is 30.0 Å². The average Bonchev–Trinajstić information content (AvgIpc) is 2.89. The van der Waals surface area contributed by atoms with Gasteiger partial charge in [0, 0.05) is 24.2 Å². The van der Waals surface area contributed by atoms with Crippen molar-refractivity contribution < 1.29 is 24.1 Å². The molecule has 8 nitrogen and oxygen atoms in total. The first kappa shape index (κ1) is 28.9. The van der Waals surface area contributed by atoms with Crippen molar-refractivity contribution in [1.82, 2.24) is 10.6 Å². The molecule has 0 saturated carbocycles. The largest absolute Gasteiger partial charge is 0.497 e. The molecule has 194 valence electrons. The van der Waals surface area contributed by atoms with Gasteiger partial charge in [0.05, 0.1) is 32.5 Å². The van der Waals surface area contributed by atoms with Gasteiger partial charge in [-0.25, -0.2) is 0 Å². The van der Waals surface area contributed by atoms with E-state index < -0.39 is 0 Å². The first-order valence-corrected chi connectivity index (χ1v) is 11.9. The van der Waals surface area contributed by atoms with Gasteiger partial charge in [0.1, 0.15) is 18.2 Å². The molecule has 0 saturated heterocycles. The van der Waals surface area contributed by atoms with Crippen molar-refractivity contribution in [2.45, 2.75) is 20.5 Å². The van der Waals surface area contributed by atoms with E-state index in [1.807, 2.05) is 61.5 Å². The number of carbonyl (C=O) groups is 1. The molecule has 0 aliphatic rings. The van der Waals surface area contributed by atoms with Gasteiger partial charge in [0.25, 0.3) is 5.91 Å². The lowest BCUT2D eigenvalue weighted by Gasteiger charge is -2.14. The van der Waals surface area contributed by atoms with Crippen LogP contribution in [0.5, 0.6) is 5.75 Å². The molecule has 0 fully saturated rings. The van der Waals surface area contributed by atoms with Crippen LogP contribution >= 0.6 is 11.6 Å². The minimum atomic E-state index is -0.290. The quantitative estimate of drug-likeness (QED) is 0.162. The predicted molar refractivity (Wildman–Crippen MR) is 143 cm³/mol. The average molecular weight is 516 g/mol. The number of benzene rings is 2. The number of hydrogen-bond donors (Lipinski definition) is 3. The summed E-state index contributed by atoms with van der Waals surface area (Å²) >= 11 is 6.02. The third kappa shape index (κ3) is 9.73. The number of carbonyl (C=O) groups excluding carboxylic acids is 1. The molecule has 0 bridgehead atoms. The minimum Gasteiger partial charge on any atom is -0.497 e. The molecular weight excluding hydrogens is 482 g/mol. The Labute approximate surface area is 217 Å². The van der Waals surface area contributed by atoms with E-state index in [2.05, 4.69) is 15.6 Å². The van der Waals surface area contributed by atoms with Crippen LogP contribution in [0.3, 0.4) is 0 Å². The zero-order valence-electron chi connectivity index (χ0n) is 21.1. The molecule has 0 aliphatic carbocycles. The number of amides is 1. The molecule has 0 spiro atoms. The molecule has 3 N–H and O–H groups in total. The van der Waals surface area contributed by atoms with Crippen molar-refractivity contribution in [3.8, 4) is 5.75 Å². The summed E-state index contributed by atoms with van der Waals surface area (Å²) in [6, 6.07) is 15.0. The van der Waals surface area contributed by atoms with Crippen molar-refractivity contribution in [2.24, 2.45) is 4.99 Å². The molecule has 2 aromatic carbocycles. The van der Waals surface area contributed by atoms with Crippen LogP contribution in [0.1, 0.15) is 25.0 Å². The van der Waals surface area contributed by atoms with E-state index in [1.165, 1.54) is 0 Å². The van der Waals surface area contributed by atoms with Gasteiger partial charge in [-0.2, -0.15) is 4.99 Å². The van der Waals surface area contributed by atoms with Gasteiger partial charge >= 0.3 is 0 Å². The maximum atomic E-state index is 12.6. The van der Waals surface area contributed by atoms with Gasteiger partial charge in [0.15, 0.2) is 0 Å². The highest BCUT2D eigenvalue weighted by molar-refractivity contribution is 6.30. The van der Waals surface area contributed by atoms with Crippen molar-refractivity contribution in [3.05, 3.63) is 81.6 Å². The zero-order chi connectivity index (χ0) is 26.3. The topological polar surface area (TPSA) is 101 Å². The lowest BCUT2D eigenvalue weighted by atomic mass is 10.1. The summed E-state index contributed by atoms with van der Waals surface area (Å²) < 4.78 is 16.6. The first-order valence-electron chi connectivity index (χ1n) is 11.5. The van der Waals surface area contributed by atoms with Crippen LogP contribution in [0.25, 0.3) is 6.08 Å². The van der Waals surface area contributed by atoms with Crippen molar-refractivity contribution in [2.75, 3.05) is 40.5 Å². The summed E-state index contributed by atoms with van der Waals surface area (Å²) in [5, 5.41) is 15.2. The lowest BCUT2D eigenvalue weighted by molar-refractivity contribution is -0.117. The maximum Gasteiger partial charge on any atom is 0.250 e. The Hall–Kier alpha value is -3.33. The van der Waals surface area contributed by atoms with E-state index in [0.717, 1.165) is 22.4 Å². The molecule has 36 heavy (non-hydrogen) atoms. The number of rotatable bonds is 13. The van der Waals surface area contributed by atoms with E-state index in [9.17, 15) is 4.79 Å². The first-order chi connectivity index (χ1) is 17.4. The summed E-state index contributed by atoms with van der Waals surface area (Å²) in [6.07, 6.45) is 1.93. The third-order valence-electron chi connectivity index (χ3n) is 5.01. The number of aliphatic hydroxyl groups excluding tert-OH is 1. The van der Waals surface area contributed by atoms with Crippen LogP contribution < -0.4 is 15.4 Å². The Morgan fingerprint density at radius 3 is 2.56 bits per heavy atom. The fourth-order valence-electron chi connectivity index (χ4n) is 3.09. The van der Waals surface area contributed by atoms with Crippen molar-refractivity contribution in [1.29, 1.82) is 0 Å². The highest BCUT2D eigenvalue weighted by Crippen LogP contribution is 2.17. The fraction of sp³-hybridized carbons (Fsp3) is 0.333. The molecule has 0 unspecified atom stereocenters. The van der Waals surface area contributed by atoms with E-state index in [1.54, 1.807) is 21.1 Å². The molecule has 0 heterocycles. The monoisotopic (exact) mass is 515 g/mol. The number of nitrogens with one attached hydrogen (secondary N) is 2. The lowest BCUT2D eigenvalue weighted by Crippen LogP contribution is -2.30. The van der Waals surface area contributed by atoms with E-state index in [4.69, 9.17) is 30.9 Å². The highest BCUT2D eigenvalue weighted by atomic mass is 35.5. The Morgan fingerprint density at radius 2 is 1.89 bits per heavy atom. The molecule has 1 amide bonds. The summed E-state index contributed by atoms with van der Waals surface area (Å²) in [6.45, 7) is 4.60. The van der Waals surface area contributed by atoms with Gasteiger partial charge in [-0.15, -0.1) is 0 Å². The van der Waals surface area contributed by atoms with Crippen LogP contribution in [0.15, 0.2) is 70.5 Å². The van der Waals surface area contributed by atoms with Gasteiger partial charge in [-0.1, -0.05) is 35.9 Å². The van der Waals surface area contributed by atoms with Crippen molar-refractivity contribution >= 4 is 29.5 Å². The summed E-state index contributed by atoms with van der Waals surface area (Å²) in [5.41, 5.74) is 3.00. The Balaban J connectivity index is 2.31. The molecule has 0 aromatic heterocycles. The smallest absolute Gasteiger partial charge is 0.250 e. The van der Waals surface area contributed by atoms with Gasteiger partial charge in [-0.3, -0.25) is 4.79 Å². The summed E-state index contributed by atoms with van der Waals surface area (Å²) in [5.74, 6) is 1.17. The number of nitrogens with zero attached hydrogens (tertiary/aromatic N) is 1. The molecule has 9 heteroatoms. The molecule has 2 rings (SSSR count). The van der Waals surface area contributed by atoms with Crippen LogP contribution in [-0.2, 0) is 20.9 Å². The second-order valence-corrected chi connectivity index (χ2v) is 8.19. The Morgan fingerprint density at radius 1 is 1.14 bits per heavy atom. The second-order valence-electron chi connectivity index (χ2n) is 7.75. The maximum absolute atomic E-state index is 12.6. The third-order valence-corrected chi connectivity index (χ3v) is 5.27. The van der Waals surface area contributed by atoms with E-state index >= 15 is 0 Å². The SMILES string of the molecule is CNC(/N=C(OCc1cccc(OC)c1)\C(C)=C/c1ccc(Cl)cc1)=C(/C)C(=O)NCCOCCO. The molecular formula is C27H34ClN3O5. The second kappa shape index (κ2) is 15.6. The molecule has 0 atom stereocenters. The van der Waals surface area contributed by atoms with Gasteiger partial charge in [-0.05, 0) is 55.3 Å². The predicted octanol–water partition coefficient (Wildman–Crippen LogP) is 3.94. The number of methoxy groups -OCH3 is 1. The number of ether oxygens (including phenoxy) is 3. The van der Waals surface area contributed by atoms with Crippen LogP contribution in [-0.4, -0.2) is 57.4 Å². The van der Waals surface area contributed by atoms with Crippen molar-refractivity contribution in [3.63, 3.8) is 0 Å². The standard InChI is InChI=1S/C27H34ClN3O5/c1-19(16-21-8-10-23(28)11-9-21)27(36-18-22-6-5-7-24(17-22)34-4)31-25(29-3)20(2)26(33)30-12-14-35-15-13-32/h5-11,16-17,29,32H,12-15,18H2,1-4H3,(H,30,33)/b19-16-,25-20+,31-27+. The summed E-state index contributed by atoms with van der Waals surface area (Å²) in [7, 11) is 3.31. The minimum absolute atomic E-state index is 0.0626. The number of hydrogen-bond acceptors (Lipinski definition) is 7. The number of halogens is 1. The molecule has 0 aliphatic heterocycles. The Kier molecular flexibility index (Phi) is 12.5. The van der Waals surface area contributed by atoms with Gasteiger partial charge in [0.2, 0.25) is 5.90 Å². The number of aliphatic imine (C=N–C) groups is 1. The molecule has 2 aromatic rings. The number of aliphatic hydroxyl groups is 1. The Bertz CT molecular complexity index is 1080. The van der Waals surface area contributed by atoms with E-state index in [0.29, 0.717) is 35.5 Å².